The Morgan fingerprint density at radius 1 is 1.44 bits per heavy atom. The molecule has 0 aliphatic heterocycles. The number of nitrogens with zero attached hydrogens (tertiary/aromatic N) is 1. The summed E-state index contributed by atoms with van der Waals surface area (Å²) in [6, 6.07) is 4.46. The number of thiophene rings is 1. The molecule has 1 rings (SSSR count). The molecule has 1 N–H and O–H groups in total. The van der Waals surface area contributed by atoms with Crippen LogP contribution >= 0.6 is 11.3 Å². The van der Waals surface area contributed by atoms with Gasteiger partial charge in [0.05, 0.1) is 0 Å². The highest BCUT2D eigenvalue weighted by atomic mass is 32.1. The predicted octanol–water partition coefficient (Wildman–Crippen LogP) is 2.87. The van der Waals surface area contributed by atoms with Crippen molar-refractivity contribution in [2.75, 3.05) is 20.1 Å². The molecule has 0 aliphatic rings. The van der Waals surface area contributed by atoms with Gasteiger partial charge in [0.25, 0.3) is 0 Å². The van der Waals surface area contributed by atoms with E-state index in [9.17, 15) is 0 Å². The zero-order valence-electron chi connectivity index (χ0n) is 10.3. The predicted molar refractivity (Wildman–Crippen MR) is 72.8 cm³/mol. The van der Waals surface area contributed by atoms with E-state index < -0.39 is 0 Å². The summed E-state index contributed by atoms with van der Waals surface area (Å²) >= 11 is 1.90. The molecular weight excluding hydrogens is 216 g/mol. The molecule has 0 radical (unpaired) electrons. The van der Waals surface area contributed by atoms with E-state index in [1.807, 2.05) is 17.4 Å². The van der Waals surface area contributed by atoms with E-state index >= 15 is 0 Å². The average molecular weight is 238 g/mol. The maximum atomic E-state index is 3.75. The molecule has 0 saturated carbocycles. The Morgan fingerprint density at radius 2 is 2.19 bits per heavy atom. The molecule has 1 heterocycles. The summed E-state index contributed by atoms with van der Waals surface area (Å²) < 4.78 is 0. The van der Waals surface area contributed by atoms with Crippen molar-refractivity contribution in [2.24, 2.45) is 0 Å². The van der Waals surface area contributed by atoms with Crippen molar-refractivity contribution >= 4 is 11.3 Å². The first-order chi connectivity index (χ1) is 7.76. The molecule has 0 fully saturated rings. The van der Waals surface area contributed by atoms with Gasteiger partial charge in [0.2, 0.25) is 0 Å². The van der Waals surface area contributed by atoms with Crippen molar-refractivity contribution in [3.05, 3.63) is 34.5 Å². The summed E-state index contributed by atoms with van der Waals surface area (Å²) in [5.41, 5.74) is 0. The summed E-state index contributed by atoms with van der Waals surface area (Å²) in [6.07, 6.45) is 3.14. The van der Waals surface area contributed by atoms with Crippen LogP contribution in [0, 0.1) is 0 Å². The van der Waals surface area contributed by atoms with Crippen molar-refractivity contribution in [3.8, 4) is 0 Å². The van der Waals surface area contributed by atoms with Crippen LogP contribution in [0.2, 0.25) is 0 Å². The Balaban J connectivity index is 2.35. The maximum Gasteiger partial charge on any atom is 0.0328 e. The van der Waals surface area contributed by atoms with Crippen LogP contribution in [0.25, 0.3) is 0 Å². The summed E-state index contributed by atoms with van der Waals surface area (Å²) in [5.74, 6) is 0. The lowest BCUT2D eigenvalue weighted by Gasteiger charge is -2.12. The van der Waals surface area contributed by atoms with Crippen LogP contribution in [0.5, 0.6) is 0 Å². The van der Waals surface area contributed by atoms with Crippen molar-refractivity contribution in [1.29, 1.82) is 0 Å². The first-order valence-electron chi connectivity index (χ1n) is 5.84. The molecular formula is C13H22N2S. The minimum absolute atomic E-state index is 0.946. The molecule has 1 aromatic heterocycles. The maximum absolute atomic E-state index is 3.75. The fraction of sp³-hybridized carbons (Fsp3) is 0.538. The van der Waals surface area contributed by atoms with E-state index in [4.69, 9.17) is 0 Å². The molecule has 0 atom stereocenters. The monoisotopic (exact) mass is 238 g/mol. The van der Waals surface area contributed by atoms with Crippen LogP contribution in [0.1, 0.15) is 23.1 Å². The van der Waals surface area contributed by atoms with Crippen LogP contribution in [0.15, 0.2) is 24.8 Å². The fourth-order valence-corrected chi connectivity index (χ4v) is 2.61. The first kappa shape index (κ1) is 13.4. The normalized spacial score (nSPS) is 10.9. The average Bonchev–Trinajstić information content (AvgIpc) is 2.66. The van der Waals surface area contributed by atoms with Crippen LogP contribution in [-0.4, -0.2) is 25.0 Å². The third-order valence-corrected chi connectivity index (χ3v) is 3.38. The van der Waals surface area contributed by atoms with Gasteiger partial charge in [-0.25, -0.2) is 0 Å². The SMILES string of the molecule is C=CCN(C)Cc1ccc(CNCCC)s1. The van der Waals surface area contributed by atoms with E-state index in [0.29, 0.717) is 0 Å². The van der Waals surface area contributed by atoms with Crippen molar-refractivity contribution in [1.82, 2.24) is 10.2 Å². The van der Waals surface area contributed by atoms with Crippen molar-refractivity contribution in [2.45, 2.75) is 26.4 Å². The second kappa shape index (κ2) is 7.60. The number of rotatable bonds is 8. The van der Waals surface area contributed by atoms with Gasteiger partial charge in [-0.05, 0) is 32.1 Å². The van der Waals surface area contributed by atoms with E-state index in [1.54, 1.807) is 0 Å². The fourth-order valence-electron chi connectivity index (χ4n) is 1.54. The summed E-state index contributed by atoms with van der Waals surface area (Å²) in [5, 5.41) is 3.42. The van der Waals surface area contributed by atoms with Crippen LogP contribution in [0.4, 0.5) is 0 Å². The lowest BCUT2D eigenvalue weighted by Crippen LogP contribution is -2.16. The lowest BCUT2D eigenvalue weighted by atomic mass is 10.4. The van der Waals surface area contributed by atoms with Gasteiger partial charge >= 0.3 is 0 Å². The Morgan fingerprint density at radius 3 is 2.88 bits per heavy atom. The highest BCUT2D eigenvalue weighted by Gasteiger charge is 2.02. The zero-order valence-corrected chi connectivity index (χ0v) is 11.1. The van der Waals surface area contributed by atoms with Crippen LogP contribution in [-0.2, 0) is 13.1 Å². The smallest absolute Gasteiger partial charge is 0.0328 e. The molecule has 3 heteroatoms. The number of hydrogen-bond acceptors (Lipinski definition) is 3. The molecule has 16 heavy (non-hydrogen) atoms. The molecule has 90 valence electrons. The van der Waals surface area contributed by atoms with E-state index in [-0.39, 0.29) is 0 Å². The quantitative estimate of drug-likeness (QED) is 0.553. The van der Waals surface area contributed by atoms with Gasteiger partial charge in [-0.3, -0.25) is 4.90 Å². The van der Waals surface area contributed by atoms with Gasteiger partial charge < -0.3 is 5.32 Å². The lowest BCUT2D eigenvalue weighted by molar-refractivity contribution is 0.367. The molecule has 0 bridgehead atoms. The highest BCUT2D eigenvalue weighted by Crippen LogP contribution is 2.17. The van der Waals surface area contributed by atoms with Gasteiger partial charge in [0, 0.05) is 29.4 Å². The van der Waals surface area contributed by atoms with Gasteiger partial charge in [-0.15, -0.1) is 17.9 Å². The Bertz CT molecular complexity index is 307. The Kier molecular flexibility index (Phi) is 6.38. The summed E-state index contributed by atoms with van der Waals surface area (Å²) in [6.45, 7) is 10.0. The number of hydrogen-bond donors (Lipinski definition) is 1. The molecule has 0 aliphatic carbocycles. The van der Waals surface area contributed by atoms with E-state index in [1.165, 1.54) is 16.2 Å². The minimum Gasteiger partial charge on any atom is -0.312 e. The topological polar surface area (TPSA) is 15.3 Å². The molecule has 0 spiro atoms. The van der Waals surface area contributed by atoms with E-state index in [2.05, 4.69) is 42.9 Å². The van der Waals surface area contributed by atoms with Gasteiger partial charge in [0.1, 0.15) is 0 Å². The van der Waals surface area contributed by atoms with Gasteiger partial charge in [-0.2, -0.15) is 0 Å². The van der Waals surface area contributed by atoms with E-state index in [0.717, 1.165) is 26.2 Å². The molecule has 0 saturated heterocycles. The molecule has 2 nitrogen and oxygen atoms in total. The standard InChI is InChI=1S/C13H22N2S/c1-4-8-14-10-12-6-7-13(16-12)11-15(3)9-5-2/h5-7,14H,2,4,8-11H2,1,3H3. The number of likely N-dealkylation sites (N-methyl/N-ethyl adjacent to an activating group) is 1. The molecule has 0 unspecified atom stereocenters. The summed E-state index contributed by atoms with van der Waals surface area (Å²) in [4.78, 5) is 5.12. The molecule has 0 aromatic carbocycles. The minimum atomic E-state index is 0.946. The highest BCUT2D eigenvalue weighted by molar-refractivity contribution is 7.11. The zero-order chi connectivity index (χ0) is 11.8. The van der Waals surface area contributed by atoms with Gasteiger partial charge in [-0.1, -0.05) is 13.0 Å². The molecule has 1 aromatic rings. The van der Waals surface area contributed by atoms with Gasteiger partial charge in [0.15, 0.2) is 0 Å². The largest absolute Gasteiger partial charge is 0.312 e. The van der Waals surface area contributed by atoms with Crippen LogP contribution in [0.3, 0.4) is 0 Å². The molecule has 0 amide bonds. The third kappa shape index (κ3) is 4.92. The van der Waals surface area contributed by atoms with Crippen molar-refractivity contribution in [3.63, 3.8) is 0 Å². The van der Waals surface area contributed by atoms with Crippen LogP contribution < -0.4 is 5.32 Å². The second-order valence-corrected chi connectivity index (χ2v) is 5.28. The summed E-state index contributed by atoms with van der Waals surface area (Å²) in [7, 11) is 2.12. The number of nitrogens with one attached hydrogen (secondary N) is 1. The van der Waals surface area contributed by atoms with Crippen molar-refractivity contribution < 1.29 is 0 Å². The third-order valence-electron chi connectivity index (χ3n) is 2.31. The Labute approximate surface area is 103 Å². The first-order valence-corrected chi connectivity index (χ1v) is 6.65. The second-order valence-electron chi connectivity index (χ2n) is 4.03. The Hall–Kier alpha value is -0.640.